The van der Waals surface area contributed by atoms with Crippen LogP contribution < -0.4 is 10.1 Å². The molecule has 0 fully saturated rings. The minimum Gasteiger partial charge on any atom is -0.482 e. The number of ether oxygens (including phenoxy) is 1. The van der Waals surface area contributed by atoms with Crippen LogP contribution in [0.15, 0.2) is 47.4 Å². The molecule has 0 saturated carbocycles. The Labute approximate surface area is 178 Å². The predicted octanol–water partition coefficient (Wildman–Crippen LogP) is 3.99. The summed E-state index contributed by atoms with van der Waals surface area (Å²) in [4.78, 5) is 12.1. The van der Waals surface area contributed by atoms with Crippen LogP contribution in [0.5, 0.6) is 5.75 Å². The van der Waals surface area contributed by atoms with Crippen molar-refractivity contribution in [2.24, 2.45) is 0 Å². The summed E-state index contributed by atoms with van der Waals surface area (Å²) in [5.41, 5.74) is 0.635. The van der Waals surface area contributed by atoms with Gasteiger partial charge in [0.05, 0.1) is 0 Å². The molecule has 0 bridgehead atoms. The number of carbonyl (C=O) groups excluding carboxylic acids is 1. The Kier molecular flexibility index (Phi) is 7.90. The molecule has 1 N–H and O–H groups in total. The highest BCUT2D eigenvalue weighted by molar-refractivity contribution is 14.1. The molecule has 2 aromatic carbocycles. The maximum absolute atomic E-state index is 12.8. The second kappa shape index (κ2) is 9.72. The quantitative estimate of drug-likeness (QED) is 0.532. The average molecular weight is 523 g/mol. The molecule has 0 unspecified atom stereocenters. The van der Waals surface area contributed by atoms with Crippen LogP contribution in [0.1, 0.15) is 13.8 Å². The van der Waals surface area contributed by atoms with Gasteiger partial charge in [-0.05, 0) is 65.1 Å². The minimum atomic E-state index is -3.77. The van der Waals surface area contributed by atoms with Gasteiger partial charge in [-0.3, -0.25) is 4.79 Å². The zero-order valence-corrected chi connectivity index (χ0v) is 18.6. The molecule has 0 atom stereocenters. The van der Waals surface area contributed by atoms with E-state index < -0.39 is 15.9 Å². The predicted molar refractivity (Wildman–Crippen MR) is 115 cm³/mol. The Hall–Kier alpha value is -1.36. The number of amides is 1. The lowest BCUT2D eigenvalue weighted by Crippen LogP contribution is -2.31. The van der Waals surface area contributed by atoms with E-state index in [0.717, 1.165) is 3.57 Å². The number of benzene rings is 2. The van der Waals surface area contributed by atoms with Crippen LogP contribution in [0.2, 0.25) is 5.02 Å². The molecule has 0 aromatic heterocycles. The molecule has 0 radical (unpaired) electrons. The molecule has 0 aliphatic rings. The van der Waals surface area contributed by atoms with E-state index in [1.807, 2.05) is 12.1 Å². The monoisotopic (exact) mass is 522 g/mol. The van der Waals surface area contributed by atoms with E-state index in [-0.39, 0.29) is 22.3 Å². The van der Waals surface area contributed by atoms with Crippen molar-refractivity contribution in [2.45, 2.75) is 18.7 Å². The molecule has 0 aliphatic carbocycles. The largest absolute Gasteiger partial charge is 0.482 e. The number of hydrogen-bond donors (Lipinski definition) is 1. The van der Waals surface area contributed by atoms with Crippen LogP contribution in [0, 0.1) is 3.57 Å². The summed E-state index contributed by atoms with van der Waals surface area (Å²) in [5, 5.41) is 2.98. The zero-order valence-electron chi connectivity index (χ0n) is 14.9. The fourth-order valence-electron chi connectivity index (χ4n) is 2.38. The lowest BCUT2D eigenvalue weighted by molar-refractivity contribution is -0.118. The first-order chi connectivity index (χ1) is 12.8. The highest BCUT2D eigenvalue weighted by atomic mass is 127. The standard InChI is InChI=1S/C18H20ClIN2O4S/c1-3-22(4-2)27(24,25)17-11-13(19)5-10-16(17)26-12-18(23)21-15-8-6-14(20)7-9-15/h5-11H,3-4,12H2,1-2H3,(H,21,23). The highest BCUT2D eigenvalue weighted by Gasteiger charge is 2.26. The number of halogens is 2. The van der Waals surface area contributed by atoms with Crippen LogP contribution in [0.25, 0.3) is 0 Å². The van der Waals surface area contributed by atoms with Gasteiger partial charge >= 0.3 is 0 Å². The van der Waals surface area contributed by atoms with Gasteiger partial charge in [-0.25, -0.2) is 8.42 Å². The van der Waals surface area contributed by atoms with Crippen molar-refractivity contribution >= 4 is 55.8 Å². The second-order valence-corrected chi connectivity index (χ2v) is 9.11. The van der Waals surface area contributed by atoms with Crippen molar-refractivity contribution < 1.29 is 17.9 Å². The van der Waals surface area contributed by atoms with E-state index in [1.54, 1.807) is 26.0 Å². The first-order valence-corrected chi connectivity index (χ1v) is 11.2. The summed E-state index contributed by atoms with van der Waals surface area (Å²) in [5.74, 6) is -0.304. The first-order valence-electron chi connectivity index (χ1n) is 8.25. The molecule has 0 spiro atoms. The summed E-state index contributed by atoms with van der Waals surface area (Å²) >= 11 is 8.15. The number of sulfonamides is 1. The fourth-order valence-corrected chi connectivity index (χ4v) is 4.59. The lowest BCUT2D eigenvalue weighted by Gasteiger charge is -2.20. The maximum atomic E-state index is 12.8. The molecular weight excluding hydrogens is 503 g/mol. The van der Waals surface area contributed by atoms with Crippen LogP contribution in [-0.2, 0) is 14.8 Å². The van der Waals surface area contributed by atoms with Crippen LogP contribution >= 0.6 is 34.2 Å². The Morgan fingerprint density at radius 3 is 2.37 bits per heavy atom. The van der Waals surface area contributed by atoms with E-state index in [1.165, 1.54) is 22.5 Å². The molecule has 0 saturated heterocycles. The minimum absolute atomic E-state index is 0.0548. The molecule has 0 heterocycles. The van der Waals surface area contributed by atoms with Crippen molar-refractivity contribution in [3.63, 3.8) is 0 Å². The molecule has 1 amide bonds. The van der Waals surface area contributed by atoms with Gasteiger partial charge in [-0.1, -0.05) is 25.4 Å². The number of anilines is 1. The molecule has 27 heavy (non-hydrogen) atoms. The molecule has 2 rings (SSSR count). The number of carbonyl (C=O) groups is 1. The number of nitrogens with one attached hydrogen (secondary N) is 1. The third-order valence-corrected chi connectivity index (χ3v) is 6.74. The molecule has 2 aromatic rings. The third-order valence-electron chi connectivity index (χ3n) is 3.72. The molecule has 9 heteroatoms. The van der Waals surface area contributed by atoms with E-state index >= 15 is 0 Å². The van der Waals surface area contributed by atoms with Crippen LogP contribution in [0.3, 0.4) is 0 Å². The van der Waals surface area contributed by atoms with Gasteiger partial charge in [0.25, 0.3) is 5.91 Å². The first kappa shape index (κ1) is 21.9. The smallest absolute Gasteiger partial charge is 0.262 e. The Morgan fingerprint density at radius 2 is 1.78 bits per heavy atom. The van der Waals surface area contributed by atoms with Gasteiger partial charge in [-0.15, -0.1) is 0 Å². The maximum Gasteiger partial charge on any atom is 0.262 e. The van der Waals surface area contributed by atoms with E-state index in [2.05, 4.69) is 27.9 Å². The van der Waals surface area contributed by atoms with E-state index in [0.29, 0.717) is 18.8 Å². The van der Waals surface area contributed by atoms with Crippen molar-refractivity contribution in [3.05, 3.63) is 51.1 Å². The molecule has 146 valence electrons. The van der Waals surface area contributed by atoms with Crippen molar-refractivity contribution in [3.8, 4) is 5.75 Å². The van der Waals surface area contributed by atoms with Crippen LogP contribution in [0.4, 0.5) is 5.69 Å². The lowest BCUT2D eigenvalue weighted by atomic mass is 10.3. The summed E-state index contributed by atoms with van der Waals surface area (Å²) in [6.07, 6.45) is 0. The average Bonchev–Trinajstić information content (AvgIpc) is 2.63. The van der Waals surface area contributed by atoms with Gasteiger partial charge in [0.1, 0.15) is 10.6 Å². The highest BCUT2D eigenvalue weighted by Crippen LogP contribution is 2.30. The molecular formula is C18H20ClIN2O4S. The SMILES string of the molecule is CCN(CC)S(=O)(=O)c1cc(Cl)ccc1OCC(=O)Nc1ccc(I)cc1. The zero-order chi connectivity index (χ0) is 20.0. The van der Waals surface area contributed by atoms with Gasteiger partial charge in [0, 0.05) is 27.4 Å². The number of nitrogens with zero attached hydrogens (tertiary/aromatic N) is 1. The van der Waals surface area contributed by atoms with E-state index in [9.17, 15) is 13.2 Å². The van der Waals surface area contributed by atoms with Gasteiger partial charge in [0.2, 0.25) is 10.0 Å². The summed E-state index contributed by atoms with van der Waals surface area (Å²) < 4.78 is 33.5. The van der Waals surface area contributed by atoms with Gasteiger partial charge in [-0.2, -0.15) is 4.31 Å². The normalized spacial score (nSPS) is 11.4. The molecule has 6 nitrogen and oxygen atoms in total. The van der Waals surface area contributed by atoms with Crippen LogP contribution in [-0.4, -0.2) is 38.3 Å². The van der Waals surface area contributed by atoms with Gasteiger partial charge < -0.3 is 10.1 Å². The Balaban J connectivity index is 2.17. The molecule has 0 aliphatic heterocycles. The Morgan fingerprint density at radius 1 is 1.15 bits per heavy atom. The van der Waals surface area contributed by atoms with E-state index in [4.69, 9.17) is 16.3 Å². The number of hydrogen-bond acceptors (Lipinski definition) is 4. The fraction of sp³-hybridized carbons (Fsp3) is 0.278. The second-order valence-electron chi connectivity index (χ2n) is 5.52. The summed E-state index contributed by atoms with van der Waals surface area (Å²) in [6.45, 7) is 3.81. The summed E-state index contributed by atoms with van der Waals surface area (Å²) in [6, 6.07) is 11.6. The van der Waals surface area contributed by atoms with Crippen molar-refractivity contribution in [1.82, 2.24) is 4.31 Å². The topological polar surface area (TPSA) is 75.7 Å². The van der Waals surface area contributed by atoms with Crippen molar-refractivity contribution in [2.75, 3.05) is 25.0 Å². The summed E-state index contributed by atoms with van der Waals surface area (Å²) in [7, 11) is -3.77. The van der Waals surface area contributed by atoms with Gasteiger partial charge in [0.15, 0.2) is 6.61 Å². The number of rotatable bonds is 8. The Bertz CT molecular complexity index is 900. The van der Waals surface area contributed by atoms with Crippen molar-refractivity contribution in [1.29, 1.82) is 0 Å². The third kappa shape index (κ3) is 5.81.